The first-order valence-corrected chi connectivity index (χ1v) is 2.28. The Morgan fingerprint density at radius 2 is 2.33 bits per heavy atom. The summed E-state index contributed by atoms with van der Waals surface area (Å²) in [7, 11) is 0. The van der Waals surface area contributed by atoms with Crippen molar-refractivity contribution in [2.24, 2.45) is 0 Å². The average Bonchev–Trinajstić information content (AvgIpc) is 1.83. The van der Waals surface area contributed by atoms with Crippen LogP contribution < -0.4 is 0 Å². The molecule has 6 nitrogen and oxygen atoms in total. The Balaban J connectivity index is 3.28. The Morgan fingerprint density at radius 3 is 2.67 bits per heavy atom. The van der Waals surface area contributed by atoms with Gasteiger partial charge in [0, 0.05) is 0 Å². The number of carbonyl (C=O) groups excluding carboxylic acids is 1. The van der Waals surface area contributed by atoms with Crippen molar-refractivity contribution in [3.8, 4) is 0 Å². The Bertz CT molecular complexity index is 124. The zero-order chi connectivity index (χ0) is 7.28. The molecular weight excluding hydrogens is 153 g/mol. The zero-order valence-electron chi connectivity index (χ0n) is 4.07. The number of halogens is 1. The van der Waals surface area contributed by atoms with Gasteiger partial charge >= 0.3 is 11.1 Å². The summed E-state index contributed by atoms with van der Waals surface area (Å²) < 4.78 is 0. The van der Waals surface area contributed by atoms with Crippen molar-refractivity contribution in [2.75, 3.05) is 5.88 Å². The molecule has 0 amide bonds. The number of carbonyl (C=O) groups is 1. The van der Waals surface area contributed by atoms with Crippen molar-refractivity contribution in [2.45, 2.75) is 0 Å². The molecule has 0 aromatic rings. The molecule has 52 valence electrons. The lowest BCUT2D eigenvalue weighted by Crippen LogP contribution is -2.10. The molecule has 0 aliphatic rings. The van der Waals surface area contributed by atoms with Gasteiger partial charge in [0.2, 0.25) is 0 Å². The number of hydrogen-bond acceptors (Lipinski definition) is 5. The van der Waals surface area contributed by atoms with E-state index in [1.54, 1.807) is 0 Å². The predicted molar refractivity (Wildman–Crippen MR) is 24.9 cm³/mol. The monoisotopic (exact) mass is 155 g/mol. The summed E-state index contributed by atoms with van der Waals surface area (Å²) in [6, 6.07) is 0. The van der Waals surface area contributed by atoms with Gasteiger partial charge in [0.1, 0.15) is 5.88 Å². The fourth-order valence-electron chi connectivity index (χ4n) is 0.0943. The van der Waals surface area contributed by atoms with E-state index in [1.807, 2.05) is 0 Å². The van der Waals surface area contributed by atoms with Crippen molar-refractivity contribution in [3.63, 3.8) is 0 Å². The van der Waals surface area contributed by atoms with Crippen LogP contribution in [0.2, 0.25) is 0 Å². The van der Waals surface area contributed by atoms with Gasteiger partial charge < -0.3 is 0 Å². The summed E-state index contributed by atoms with van der Waals surface area (Å²) in [4.78, 5) is 25.9. The van der Waals surface area contributed by atoms with Crippen molar-refractivity contribution in [3.05, 3.63) is 10.1 Å². The summed E-state index contributed by atoms with van der Waals surface area (Å²) in [5.74, 6) is -1.48. The first-order valence-electron chi connectivity index (χ1n) is 1.74. The van der Waals surface area contributed by atoms with Crippen LogP contribution in [0.4, 0.5) is 0 Å². The highest BCUT2D eigenvalue weighted by Gasteiger charge is 2.02. The lowest BCUT2D eigenvalue weighted by atomic mass is 10.8. The van der Waals surface area contributed by atoms with Gasteiger partial charge in [-0.2, -0.15) is 0 Å². The van der Waals surface area contributed by atoms with E-state index < -0.39 is 16.9 Å². The molecule has 0 aliphatic carbocycles. The molecule has 0 heterocycles. The molecule has 0 spiro atoms. The maximum absolute atomic E-state index is 9.93. The van der Waals surface area contributed by atoms with E-state index in [-0.39, 0.29) is 0 Å². The largest absolute Gasteiger partial charge is 0.357 e. The summed E-state index contributed by atoms with van der Waals surface area (Å²) >= 11 is 4.86. The molecule has 0 rings (SSSR count). The Morgan fingerprint density at radius 1 is 1.78 bits per heavy atom. The van der Waals surface area contributed by atoms with Gasteiger partial charge in [-0.25, -0.2) is 4.79 Å². The third kappa shape index (κ3) is 4.82. The fourth-order valence-corrected chi connectivity index (χ4v) is 0.139. The van der Waals surface area contributed by atoms with Crippen LogP contribution in [0.25, 0.3) is 0 Å². The quantitative estimate of drug-likeness (QED) is 0.246. The molecule has 0 aromatic heterocycles. The number of nitrogens with zero attached hydrogens (tertiary/aromatic N) is 1. The van der Waals surface area contributed by atoms with Gasteiger partial charge in [-0.15, -0.1) is 21.7 Å². The second-order valence-electron chi connectivity index (χ2n) is 0.887. The maximum atomic E-state index is 9.93. The van der Waals surface area contributed by atoms with Crippen molar-refractivity contribution in [1.82, 2.24) is 0 Å². The third-order valence-electron chi connectivity index (χ3n) is 0.300. The SMILES string of the molecule is O=C(CCl)OO[N+](=O)[O-]. The Labute approximate surface area is 54.3 Å². The van der Waals surface area contributed by atoms with Gasteiger partial charge in [0.05, 0.1) is 0 Å². The number of hydrogen-bond donors (Lipinski definition) is 0. The standard InChI is InChI=1S/C2H2ClNO5/c3-1-2(5)8-9-4(6)7/h1H2. The third-order valence-corrected chi connectivity index (χ3v) is 0.518. The lowest BCUT2D eigenvalue weighted by molar-refractivity contribution is -0.839. The first-order chi connectivity index (χ1) is 4.16. The minimum Gasteiger partial charge on any atom is -0.259 e. The van der Waals surface area contributed by atoms with Crippen LogP contribution >= 0.6 is 11.6 Å². The second kappa shape index (κ2) is 3.90. The molecular formula is C2H2ClNO5. The molecule has 0 radical (unpaired) electrons. The van der Waals surface area contributed by atoms with E-state index in [9.17, 15) is 14.9 Å². The van der Waals surface area contributed by atoms with Gasteiger partial charge in [-0.05, 0) is 0 Å². The summed E-state index contributed by atoms with van der Waals surface area (Å²) in [5, 5.41) is 8.02. The fraction of sp³-hybridized carbons (Fsp3) is 0.500. The highest BCUT2D eigenvalue weighted by molar-refractivity contribution is 6.26. The molecule has 0 bridgehead atoms. The highest BCUT2D eigenvalue weighted by atomic mass is 35.5. The maximum Gasteiger partial charge on any atom is 0.357 e. The molecule has 9 heavy (non-hydrogen) atoms. The van der Waals surface area contributed by atoms with E-state index in [0.717, 1.165) is 0 Å². The molecule has 0 atom stereocenters. The van der Waals surface area contributed by atoms with Crippen LogP contribution in [0.15, 0.2) is 0 Å². The zero-order valence-corrected chi connectivity index (χ0v) is 4.83. The normalized spacial score (nSPS) is 8.11. The summed E-state index contributed by atoms with van der Waals surface area (Å²) in [6.45, 7) is 0. The van der Waals surface area contributed by atoms with Gasteiger partial charge in [0.15, 0.2) is 0 Å². The van der Waals surface area contributed by atoms with Crippen molar-refractivity contribution >= 4 is 17.6 Å². The van der Waals surface area contributed by atoms with Crippen LogP contribution in [0.5, 0.6) is 0 Å². The van der Waals surface area contributed by atoms with Crippen molar-refractivity contribution in [1.29, 1.82) is 0 Å². The van der Waals surface area contributed by atoms with Crippen molar-refractivity contribution < 1.29 is 19.8 Å². The predicted octanol–water partition coefficient (Wildman–Crippen LogP) is -0.108. The van der Waals surface area contributed by atoms with E-state index in [1.165, 1.54) is 0 Å². The van der Waals surface area contributed by atoms with Crippen LogP contribution in [0.3, 0.4) is 0 Å². The second-order valence-corrected chi connectivity index (χ2v) is 1.15. The summed E-state index contributed by atoms with van der Waals surface area (Å²) in [5.41, 5.74) is 0. The summed E-state index contributed by atoms with van der Waals surface area (Å²) in [6.07, 6.45) is 0. The lowest BCUT2D eigenvalue weighted by Gasteiger charge is -1.92. The molecule has 0 aliphatic heterocycles. The first kappa shape index (κ1) is 7.96. The average molecular weight is 155 g/mol. The molecule has 7 heteroatoms. The highest BCUT2D eigenvalue weighted by Crippen LogP contribution is 1.83. The van der Waals surface area contributed by atoms with Gasteiger partial charge in [-0.1, -0.05) is 4.99 Å². The molecule has 0 aromatic carbocycles. The molecule has 0 saturated heterocycles. The van der Waals surface area contributed by atoms with Crippen LogP contribution in [0, 0.1) is 10.1 Å². The van der Waals surface area contributed by atoms with Crippen LogP contribution in [-0.4, -0.2) is 16.9 Å². The van der Waals surface area contributed by atoms with Gasteiger partial charge in [-0.3, -0.25) is 4.89 Å². The smallest absolute Gasteiger partial charge is 0.259 e. The van der Waals surface area contributed by atoms with Crippen LogP contribution in [0.1, 0.15) is 0 Å². The van der Waals surface area contributed by atoms with Crippen LogP contribution in [-0.2, 0) is 14.7 Å². The van der Waals surface area contributed by atoms with Gasteiger partial charge in [0.25, 0.3) is 0 Å². The minimum atomic E-state index is -1.26. The van der Waals surface area contributed by atoms with E-state index in [4.69, 9.17) is 11.6 Å². The van der Waals surface area contributed by atoms with E-state index in [0.29, 0.717) is 0 Å². The molecule has 0 N–H and O–H groups in total. The van der Waals surface area contributed by atoms with E-state index >= 15 is 0 Å². The Kier molecular flexibility index (Phi) is 3.45. The Hall–Kier alpha value is -1.04. The molecule has 0 fully saturated rings. The molecule has 0 saturated carbocycles. The number of alkyl halides is 1. The molecule has 0 unspecified atom stereocenters. The topological polar surface area (TPSA) is 78.7 Å². The minimum absolute atomic E-state index is 0.478. The number of rotatable bonds is 3. The van der Waals surface area contributed by atoms with E-state index in [2.05, 4.69) is 9.88 Å².